The van der Waals surface area contributed by atoms with Gasteiger partial charge >= 0.3 is 0 Å². The molecule has 4 heteroatoms. The van der Waals surface area contributed by atoms with Crippen molar-refractivity contribution in [2.45, 2.75) is 52.5 Å². The summed E-state index contributed by atoms with van der Waals surface area (Å²) in [4.78, 5) is 5.18. The number of hydrogen-bond acceptors (Lipinski definition) is 3. The minimum atomic E-state index is 0.366. The zero-order chi connectivity index (χ0) is 14.0. The van der Waals surface area contributed by atoms with Gasteiger partial charge in [0.15, 0.2) is 0 Å². The molecule has 0 fully saturated rings. The van der Waals surface area contributed by atoms with Crippen LogP contribution in [-0.2, 0) is 12.8 Å². The van der Waals surface area contributed by atoms with Crippen LogP contribution >= 0.6 is 12.2 Å². The highest BCUT2D eigenvalue weighted by Crippen LogP contribution is 2.26. The second-order valence-corrected chi connectivity index (χ2v) is 5.97. The number of anilines is 1. The predicted octanol–water partition coefficient (Wildman–Crippen LogP) is 3.05. The number of pyridine rings is 1. The smallest absolute Gasteiger partial charge is 0.136 e. The second kappa shape index (κ2) is 5.87. The molecule has 0 amide bonds. The van der Waals surface area contributed by atoms with Crippen LogP contribution < -0.4 is 11.1 Å². The summed E-state index contributed by atoms with van der Waals surface area (Å²) in [5, 5.41) is 3.49. The molecule has 2 atom stereocenters. The number of hydrogen-bond donors (Lipinski definition) is 2. The number of fused-ring (bicyclic) bond motifs is 1. The molecule has 1 aliphatic rings. The maximum absolute atomic E-state index is 5.84. The first kappa shape index (κ1) is 14.3. The van der Waals surface area contributed by atoms with Gasteiger partial charge < -0.3 is 11.1 Å². The fraction of sp³-hybridized carbons (Fsp3) is 0.600. The van der Waals surface area contributed by atoms with Crippen molar-refractivity contribution in [1.82, 2.24) is 4.98 Å². The first-order valence-electron chi connectivity index (χ1n) is 7.12. The molecule has 2 unspecified atom stereocenters. The van der Waals surface area contributed by atoms with Crippen LogP contribution in [0.15, 0.2) is 6.07 Å². The minimum absolute atomic E-state index is 0.366. The molecule has 19 heavy (non-hydrogen) atoms. The van der Waals surface area contributed by atoms with Gasteiger partial charge in [0.2, 0.25) is 0 Å². The van der Waals surface area contributed by atoms with Gasteiger partial charge in [-0.05, 0) is 43.7 Å². The van der Waals surface area contributed by atoms with Crippen molar-refractivity contribution < 1.29 is 0 Å². The standard InChI is InChI=1S/C15H23N3S/c1-4-9(2)10(3)17-15-12(14(16)19)8-11-6-5-7-13(11)18-15/h8-10H,4-7H2,1-3H3,(H2,16,19)(H,17,18). The molecule has 1 heterocycles. The van der Waals surface area contributed by atoms with Gasteiger partial charge in [-0.25, -0.2) is 4.98 Å². The summed E-state index contributed by atoms with van der Waals surface area (Å²) in [7, 11) is 0. The number of aryl methyl sites for hydroxylation is 2. The maximum Gasteiger partial charge on any atom is 0.136 e. The first-order valence-corrected chi connectivity index (χ1v) is 7.52. The quantitative estimate of drug-likeness (QED) is 0.812. The topological polar surface area (TPSA) is 50.9 Å². The van der Waals surface area contributed by atoms with Crippen molar-refractivity contribution in [3.05, 3.63) is 22.9 Å². The van der Waals surface area contributed by atoms with E-state index in [0.29, 0.717) is 16.9 Å². The Hall–Kier alpha value is -1.16. The lowest BCUT2D eigenvalue weighted by molar-refractivity contribution is 0.493. The van der Waals surface area contributed by atoms with E-state index in [2.05, 4.69) is 32.2 Å². The van der Waals surface area contributed by atoms with E-state index in [1.165, 1.54) is 17.7 Å². The predicted molar refractivity (Wildman–Crippen MR) is 84.7 cm³/mol. The van der Waals surface area contributed by atoms with Crippen LogP contribution in [0.2, 0.25) is 0 Å². The average molecular weight is 277 g/mol. The van der Waals surface area contributed by atoms with Crippen molar-refractivity contribution >= 4 is 23.0 Å². The molecule has 0 saturated carbocycles. The number of thiocarbonyl (C=S) groups is 1. The Labute approximate surface area is 121 Å². The highest BCUT2D eigenvalue weighted by Gasteiger charge is 2.19. The van der Waals surface area contributed by atoms with Gasteiger partial charge in [-0.1, -0.05) is 32.5 Å². The van der Waals surface area contributed by atoms with Crippen molar-refractivity contribution in [2.75, 3.05) is 5.32 Å². The molecule has 0 saturated heterocycles. The van der Waals surface area contributed by atoms with Crippen LogP contribution in [0, 0.1) is 5.92 Å². The van der Waals surface area contributed by atoms with E-state index in [4.69, 9.17) is 22.9 Å². The Balaban J connectivity index is 2.30. The van der Waals surface area contributed by atoms with Crippen molar-refractivity contribution in [3.8, 4) is 0 Å². The van der Waals surface area contributed by atoms with Crippen LogP contribution in [0.3, 0.4) is 0 Å². The molecule has 2 rings (SSSR count). The Kier molecular flexibility index (Phi) is 4.40. The zero-order valence-electron chi connectivity index (χ0n) is 12.0. The Morgan fingerprint density at radius 2 is 2.21 bits per heavy atom. The number of aromatic nitrogens is 1. The van der Waals surface area contributed by atoms with E-state index in [9.17, 15) is 0 Å². The summed E-state index contributed by atoms with van der Waals surface area (Å²) < 4.78 is 0. The lowest BCUT2D eigenvalue weighted by atomic mass is 10.0. The van der Waals surface area contributed by atoms with E-state index in [-0.39, 0.29) is 0 Å². The van der Waals surface area contributed by atoms with Crippen molar-refractivity contribution in [3.63, 3.8) is 0 Å². The normalized spacial score (nSPS) is 16.8. The summed E-state index contributed by atoms with van der Waals surface area (Å²) >= 11 is 5.17. The lowest BCUT2D eigenvalue weighted by Crippen LogP contribution is -2.26. The molecule has 0 spiro atoms. The fourth-order valence-electron chi connectivity index (χ4n) is 2.48. The number of nitrogens with two attached hydrogens (primary N) is 1. The van der Waals surface area contributed by atoms with Gasteiger partial charge in [-0.3, -0.25) is 0 Å². The summed E-state index contributed by atoms with van der Waals surface area (Å²) in [5.74, 6) is 1.45. The minimum Gasteiger partial charge on any atom is -0.389 e. The number of nitrogens with zero attached hydrogens (tertiary/aromatic N) is 1. The molecular weight excluding hydrogens is 254 g/mol. The largest absolute Gasteiger partial charge is 0.389 e. The lowest BCUT2D eigenvalue weighted by Gasteiger charge is -2.22. The van der Waals surface area contributed by atoms with Gasteiger partial charge in [-0.2, -0.15) is 0 Å². The maximum atomic E-state index is 5.84. The molecule has 0 aliphatic heterocycles. The van der Waals surface area contributed by atoms with Crippen molar-refractivity contribution in [2.24, 2.45) is 11.7 Å². The van der Waals surface area contributed by atoms with Crippen LogP contribution in [0.5, 0.6) is 0 Å². The van der Waals surface area contributed by atoms with E-state index in [0.717, 1.165) is 30.6 Å². The molecule has 1 aliphatic carbocycles. The Morgan fingerprint density at radius 1 is 1.47 bits per heavy atom. The van der Waals surface area contributed by atoms with E-state index in [1.807, 2.05) is 0 Å². The van der Waals surface area contributed by atoms with Crippen LogP contribution in [-0.4, -0.2) is 16.0 Å². The monoisotopic (exact) mass is 277 g/mol. The third-order valence-electron chi connectivity index (χ3n) is 4.18. The second-order valence-electron chi connectivity index (χ2n) is 5.53. The molecule has 104 valence electrons. The van der Waals surface area contributed by atoms with E-state index >= 15 is 0 Å². The highest BCUT2D eigenvalue weighted by molar-refractivity contribution is 7.80. The Morgan fingerprint density at radius 3 is 2.84 bits per heavy atom. The molecule has 0 bridgehead atoms. The molecule has 3 nitrogen and oxygen atoms in total. The van der Waals surface area contributed by atoms with E-state index in [1.54, 1.807) is 0 Å². The van der Waals surface area contributed by atoms with E-state index < -0.39 is 0 Å². The van der Waals surface area contributed by atoms with Crippen LogP contribution in [0.1, 0.15) is 50.4 Å². The van der Waals surface area contributed by atoms with Gasteiger partial charge in [0.25, 0.3) is 0 Å². The van der Waals surface area contributed by atoms with Gasteiger partial charge in [0, 0.05) is 11.7 Å². The van der Waals surface area contributed by atoms with Gasteiger partial charge in [0.1, 0.15) is 10.8 Å². The zero-order valence-corrected chi connectivity index (χ0v) is 12.8. The summed E-state index contributed by atoms with van der Waals surface area (Å²) in [6, 6.07) is 2.49. The van der Waals surface area contributed by atoms with Crippen LogP contribution in [0.4, 0.5) is 5.82 Å². The number of rotatable bonds is 5. The fourth-order valence-corrected chi connectivity index (χ4v) is 2.64. The molecule has 0 radical (unpaired) electrons. The molecular formula is C15H23N3S. The van der Waals surface area contributed by atoms with Crippen LogP contribution in [0.25, 0.3) is 0 Å². The van der Waals surface area contributed by atoms with Gasteiger partial charge in [-0.15, -0.1) is 0 Å². The summed E-state index contributed by atoms with van der Waals surface area (Å²) in [6.45, 7) is 6.63. The molecule has 1 aromatic heterocycles. The van der Waals surface area contributed by atoms with Gasteiger partial charge in [0.05, 0.1) is 5.56 Å². The SMILES string of the molecule is CCC(C)C(C)Nc1nc2c(cc1C(N)=S)CCC2. The average Bonchev–Trinajstić information content (AvgIpc) is 2.83. The molecule has 1 aromatic rings. The summed E-state index contributed by atoms with van der Waals surface area (Å²) in [6.07, 6.45) is 4.49. The third kappa shape index (κ3) is 3.06. The third-order valence-corrected chi connectivity index (χ3v) is 4.40. The molecule has 0 aromatic carbocycles. The first-order chi connectivity index (χ1) is 9.02. The summed E-state index contributed by atoms with van der Waals surface area (Å²) in [5.41, 5.74) is 9.26. The number of nitrogens with one attached hydrogen (secondary N) is 1. The molecule has 3 N–H and O–H groups in total. The highest BCUT2D eigenvalue weighted by atomic mass is 32.1. The Bertz CT molecular complexity index is 485. The van der Waals surface area contributed by atoms with Crippen molar-refractivity contribution in [1.29, 1.82) is 0 Å².